The molecule has 1 aromatic rings. The van der Waals surface area contributed by atoms with Gasteiger partial charge < -0.3 is 18.9 Å². The number of aliphatic imine (C=N–C) groups is 1. The van der Waals surface area contributed by atoms with Crippen LogP contribution >= 0.6 is 11.6 Å². The number of halogens is 1. The Morgan fingerprint density at radius 2 is 1.94 bits per heavy atom. The van der Waals surface area contributed by atoms with Gasteiger partial charge >= 0.3 is 6.09 Å². The minimum atomic E-state index is -1.51. The summed E-state index contributed by atoms with van der Waals surface area (Å²) in [6.07, 6.45) is -0.0861. The van der Waals surface area contributed by atoms with E-state index in [1.54, 1.807) is 19.2 Å². The molecule has 9 heteroatoms. The predicted molar refractivity (Wildman–Crippen MR) is 136 cm³/mol. The van der Waals surface area contributed by atoms with Crippen molar-refractivity contribution in [2.75, 3.05) is 20.2 Å². The van der Waals surface area contributed by atoms with Gasteiger partial charge in [-0.15, -0.1) is 0 Å². The number of amides is 1. The highest BCUT2D eigenvalue weighted by Crippen LogP contribution is 2.27. The lowest BCUT2D eigenvalue weighted by Gasteiger charge is -2.25. The Morgan fingerprint density at radius 3 is 2.45 bits per heavy atom. The molecule has 1 amide bonds. The van der Waals surface area contributed by atoms with Crippen molar-refractivity contribution in [2.45, 2.75) is 77.7 Å². The van der Waals surface area contributed by atoms with Gasteiger partial charge in [0.25, 0.3) is 0 Å². The first kappa shape index (κ1) is 27.5. The van der Waals surface area contributed by atoms with E-state index in [2.05, 4.69) is 4.40 Å². The van der Waals surface area contributed by atoms with Crippen molar-refractivity contribution in [3.05, 3.63) is 34.3 Å². The van der Waals surface area contributed by atoms with Crippen LogP contribution in [0.3, 0.4) is 0 Å². The van der Waals surface area contributed by atoms with E-state index in [0.717, 1.165) is 5.56 Å². The van der Waals surface area contributed by atoms with Crippen LogP contribution in [0, 0.1) is 0 Å². The average molecular weight is 498 g/mol. The molecule has 0 fully saturated rings. The third-order valence-electron chi connectivity index (χ3n) is 4.60. The molecule has 0 radical (unpaired) electrons. The van der Waals surface area contributed by atoms with Crippen LogP contribution in [0.2, 0.25) is 5.02 Å². The van der Waals surface area contributed by atoms with Crippen LogP contribution in [-0.4, -0.2) is 63.2 Å². The van der Waals surface area contributed by atoms with Gasteiger partial charge in [0.2, 0.25) is 5.90 Å². The second-order valence-corrected chi connectivity index (χ2v) is 13.1. The fourth-order valence-corrected chi connectivity index (χ4v) is 3.67. The van der Waals surface area contributed by atoms with Crippen molar-refractivity contribution in [2.24, 2.45) is 9.39 Å². The Labute approximate surface area is 205 Å². The van der Waals surface area contributed by atoms with E-state index in [9.17, 15) is 9.35 Å². The molecule has 0 spiro atoms. The fourth-order valence-electron chi connectivity index (χ4n) is 2.84. The highest BCUT2D eigenvalue weighted by Gasteiger charge is 2.32. The van der Waals surface area contributed by atoms with Crippen molar-refractivity contribution in [3.8, 4) is 0 Å². The normalized spacial score (nSPS) is 17.3. The van der Waals surface area contributed by atoms with Crippen LogP contribution in [0.4, 0.5) is 4.79 Å². The van der Waals surface area contributed by atoms with Crippen LogP contribution in [0.5, 0.6) is 0 Å². The Morgan fingerprint density at radius 1 is 1.30 bits per heavy atom. The van der Waals surface area contributed by atoms with Crippen LogP contribution in [0.25, 0.3) is 0 Å². The van der Waals surface area contributed by atoms with Crippen molar-refractivity contribution >= 4 is 40.7 Å². The molecule has 7 nitrogen and oxygen atoms in total. The van der Waals surface area contributed by atoms with E-state index < -0.39 is 27.8 Å². The molecule has 0 bridgehead atoms. The van der Waals surface area contributed by atoms with Crippen LogP contribution < -0.4 is 0 Å². The summed E-state index contributed by atoms with van der Waals surface area (Å²) < 4.78 is 28.3. The molecular weight excluding hydrogens is 462 g/mol. The molecule has 0 N–H and O–H groups in total. The van der Waals surface area contributed by atoms with Gasteiger partial charge in [-0.25, -0.2) is 9.79 Å². The molecule has 0 saturated carbocycles. The van der Waals surface area contributed by atoms with E-state index >= 15 is 0 Å². The van der Waals surface area contributed by atoms with Crippen molar-refractivity contribution in [1.82, 2.24) is 4.90 Å². The highest BCUT2D eigenvalue weighted by molar-refractivity contribution is 7.91. The average Bonchev–Trinajstić information content (AvgIpc) is 3.01. The van der Waals surface area contributed by atoms with Gasteiger partial charge in [0.05, 0.1) is 5.54 Å². The fraction of sp³-hybridized carbons (Fsp3) is 0.625. The number of carbonyl (C=O) groups excluding carboxylic acids is 1. The van der Waals surface area contributed by atoms with E-state index in [-0.39, 0.29) is 5.54 Å². The topological polar surface area (TPSA) is 86.5 Å². The lowest BCUT2D eigenvalue weighted by Crippen LogP contribution is -2.35. The predicted octanol–water partition coefficient (Wildman–Crippen LogP) is 5.40. The molecule has 1 aliphatic heterocycles. The molecule has 1 aromatic carbocycles. The summed E-state index contributed by atoms with van der Waals surface area (Å²) in [5, 5.41) is 0.515. The minimum Gasteiger partial charge on any atom is -0.591 e. The van der Waals surface area contributed by atoms with E-state index in [4.69, 9.17) is 26.1 Å². The zero-order valence-electron chi connectivity index (χ0n) is 21.1. The summed E-state index contributed by atoms with van der Waals surface area (Å²) in [6, 6.07) is 5.38. The van der Waals surface area contributed by atoms with E-state index in [1.807, 2.05) is 61.5 Å². The lowest BCUT2D eigenvalue weighted by atomic mass is 10.0. The molecule has 1 atom stereocenters. The number of rotatable bonds is 6. The van der Waals surface area contributed by atoms with Gasteiger partial charge in [-0.3, -0.25) is 0 Å². The van der Waals surface area contributed by atoms with E-state index in [0.29, 0.717) is 41.8 Å². The zero-order chi connectivity index (χ0) is 25.2. The molecule has 1 aliphatic rings. The Balaban J connectivity index is 2.45. The number of benzene rings is 1. The second-order valence-electron chi connectivity index (χ2n) is 10.8. The maximum absolute atomic E-state index is 13.0. The smallest absolute Gasteiger partial charge is 0.410 e. The summed E-state index contributed by atoms with van der Waals surface area (Å²) in [7, 11) is 1.66. The lowest BCUT2D eigenvalue weighted by molar-refractivity contribution is 0.0303. The van der Waals surface area contributed by atoms with Gasteiger partial charge in [-0.1, -0.05) is 16.0 Å². The number of ether oxygens (including phenoxy) is 2. The van der Waals surface area contributed by atoms with Crippen LogP contribution in [0.15, 0.2) is 27.6 Å². The van der Waals surface area contributed by atoms with E-state index in [1.165, 1.54) is 4.90 Å². The molecule has 2 rings (SSSR count). The standard InChI is InChI=1S/C24H36ClN3O4S/c1-22(2,3)32-21(29)28(9)13-12-19(27-33(30)23(4,5)6)18-14-16(25)10-11-17(18)20-26-24(7,8)15-31-20/h10-11,14H,12-13,15H2,1-9H3. The van der Waals surface area contributed by atoms with Crippen molar-refractivity contribution < 1.29 is 18.8 Å². The van der Waals surface area contributed by atoms with Gasteiger partial charge in [0.15, 0.2) is 0 Å². The summed E-state index contributed by atoms with van der Waals surface area (Å²) in [6.45, 7) is 15.8. The van der Waals surface area contributed by atoms with Crippen molar-refractivity contribution in [1.29, 1.82) is 0 Å². The molecule has 33 heavy (non-hydrogen) atoms. The summed E-state index contributed by atoms with van der Waals surface area (Å²) in [5.74, 6) is 0.501. The van der Waals surface area contributed by atoms with Crippen molar-refractivity contribution in [3.63, 3.8) is 0 Å². The molecule has 0 aromatic heterocycles. The van der Waals surface area contributed by atoms with Crippen LogP contribution in [-0.2, 0) is 20.8 Å². The number of hydrogen-bond acceptors (Lipinski definition) is 6. The third kappa shape index (κ3) is 8.19. The molecule has 184 valence electrons. The number of nitrogens with zero attached hydrogens (tertiary/aromatic N) is 3. The Hall–Kier alpha value is -1.77. The maximum Gasteiger partial charge on any atom is 0.410 e. The summed E-state index contributed by atoms with van der Waals surface area (Å²) in [5.41, 5.74) is 1.05. The Bertz CT molecular complexity index is 933. The first-order chi connectivity index (χ1) is 15.0. The molecule has 0 aliphatic carbocycles. The molecule has 0 saturated heterocycles. The summed E-state index contributed by atoms with van der Waals surface area (Å²) in [4.78, 5) is 18.6. The largest absolute Gasteiger partial charge is 0.591 e. The monoisotopic (exact) mass is 497 g/mol. The van der Waals surface area contributed by atoms with Gasteiger partial charge in [-0.2, -0.15) is 0 Å². The first-order valence-electron chi connectivity index (χ1n) is 11.0. The maximum atomic E-state index is 13.0. The van der Waals surface area contributed by atoms with Crippen LogP contribution in [0.1, 0.15) is 72.9 Å². The molecule has 1 heterocycles. The molecule has 1 unspecified atom stereocenters. The minimum absolute atomic E-state index is 0.319. The number of carbonyl (C=O) groups is 1. The Kier molecular flexibility index (Phi) is 8.52. The SMILES string of the molecule is CN(CCC(=N[S+]([O-])C(C)(C)C)c1cc(Cl)ccc1C1=NC(C)(C)CO1)C(=O)OC(C)(C)C. The highest BCUT2D eigenvalue weighted by atomic mass is 35.5. The number of hydrogen-bond donors (Lipinski definition) is 0. The van der Waals surface area contributed by atoms with Gasteiger partial charge in [-0.05, 0) is 73.6 Å². The summed E-state index contributed by atoms with van der Waals surface area (Å²) >= 11 is 4.83. The molecular formula is C24H36ClN3O4S. The quantitative estimate of drug-likeness (QED) is 0.388. The first-order valence-corrected chi connectivity index (χ1v) is 12.4. The second kappa shape index (κ2) is 10.2. The van der Waals surface area contributed by atoms with Gasteiger partial charge in [0.1, 0.15) is 34.0 Å². The zero-order valence-corrected chi connectivity index (χ0v) is 22.7. The van der Waals surface area contributed by atoms with Gasteiger partial charge in [0, 0.05) is 36.2 Å². The third-order valence-corrected chi connectivity index (χ3v) is 6.26.